The molecule has 0 radical (unpaired) electrons. The monoisotopic (exact) mass is 175 g/mol. The number of nitrogens with zero attached hydrogens (tertiary/aromatic N) is 1. The molecular weight excluding hydrogens is 166 g/mol. The van der Waals surface area contributed by atoms with Gasteiger partial charge in [0.25, 0.3) is 5.91 Å². The molecule has 0 atom stereocenters. The van der Waals surface area contributed by atoms with Crippen LogP contribution in [0.25, 0.3) is 0 Å². The Bertz CT molecular complexity index is 356. The van der Waals surface area contributed by atoms with E-state index in [1.807, 2.05) is 0 Å². The van der Waals surface area contributed by atoms with Crippen molar-refractivity contribution < 1.29 is 9.59 Å². The fraction of sp³-hybridized carbons (Fsp3) is 0.100. The first-order chi connectivity index (χ1) is 6.29. The van der Waals surface area contributed by atoms with Crippen molar-refractivity contribution >= 4 is 18.4 Å². The molecule has 1 rings (SSSR count). The van der Waals surface area contributed by atoms with Crippen LogP contribution in [-0.2, 0) is 0 Å². The molecule has 3 heteroatoms. The molecule has 0 aliphatic rings. The summed E-state index contributed by atoms with van der Waals surface area (Å²) >= 11 is 0. The van der Waals surface area contributed by atoms with Gasteiger partial charge in [-0.3, -0.25) is 9.59 Å². The standard InChI is InChI=1S/C10H9NO2/c1-2-11-10(13)9-6-4-3-5-8(9)7-12/h2-7H,1H3. The van der Waals surface area contributed by atoms with E-state index in [0.717, 1.165) is 0 Å². The normalized spacial score (nSPS) is 10.2. The zero-order valence-corrected chi connectivity index (χ0v) is 7.23. The van der Waals surface area contributed by atoms with Crippen molar-refractivity contribution in [2.75, 3.05) is 0 Å². The van der Waals surface area contributed by atoms with Gasteiger partial charge >= 0.3 is 0 Å². The summed E-state index contributed by atoms with van der Waals surface area (Å²) in [5.74, 6) is -0.384. The van der Waals surface area contributed by atoms with Crippen molar-refractivity contribution in [1.82, 2.24) is 0 Å². The van der Waals surface area contributed by atoms with E-state index < -0.39 is 0 Å². The van der Waals surface area contributed by atoms with Crippen LogP contribution in [0, 0.1) is 0 Å². The molecule has 0 unspecified atom stereocenters. The zero-order chi connectivity index (χ0) is 9.68. The van der Waals surface area contributed by atoms with E-state index in [0.29, 0.717) is 17.4 Å². The quantitative estimate of drug-likeness (QED) is 0.507. The third-order valence-corrected chi connectivity index (χ3v) is 1.56. The SMILES string of the molecule is CC=NC(=O)c1ccccc1C=O. The van der Waals surface area contributed by atoms with E-state index in [4.69, 9.17) is 0 Å². The molecule has 0 fully saturated rings. The number of aldehydes is 1. The third-order valence-electron chi connectivity index (χ3n) is 1.56. The Morgan fingerprint density at radius 1 is 1.38 bits per heavy atom. The van der Waals surface area contributed by atoms with Gasteiger partial charge in [-0.15, -0.1) is 0 Å². The number of amides is 1. The minimum absolute atomic E-state index is 0.343. The second kappa shape index (κ2) is 4.30. The number of hydrogen-bond donors (Lipinski definition) is 0. The summed E-state index contributed by atoms with van der Waals surface area (Å²) in [5, 5.41) is 0. The third kappa shape index (κ3) is 2.08. The average Bonchev–Trinajstić information content (AvgIpc) is 2.18. The molecule has 13 heavy (non-hydrogen) atoms. The van der Waals surface area contributed by atoms with Gasteiger partial charge in [0.1, 0.15) is 0 Å². The number of hydrogen-bond acceptors (Lipinski definition) is 2. The van der Waals surface area contributed by atoms with Crippen LogP contribution in [0.3, 0.4) is 0 Å². The fourth-order valence-electron chi connectivity index (χ4n) is 0.981. The lowest BCUT2D eigenvalue weighted by atomic mass is 10.1. The van der Waals surface area contributed by atoms with Gasteiger partial charge in [-0.2, -0.15) is 0 Å². The first-order valence-electron chi connectivity index (χ1n) is 3.87. The van der Waals surface area contributed by atoms with Crippen molar-refractivity contribution in [2.45, 2.75) is 6.92 Å². The van der Waals surface area contributed by atoms with E-state index in [1.165, 1.54) is 6.21 Å². The summed E-state index contributed by atoms with van der Waals surface area (Å²) in [5.41, 5.74) is 0.716. The van der Waals surface area contributed by atoms with Gasteiger partial charge in [0.15, 0.2) is 6.29 Å². The Labute approximate surface area is 76.1 Å². The second-order valence-corrected chi connectivity index (χ2v) is 2.40. The molecule has 3 nitrogen and oxygen atoms in total. The predicted molar refractivity (Wildman–Crippen MR) is 50.3 cm³/mol. The molecule has 0 heterocycles. The number of aliphatic imine (C=N–C) groups is 1. The van der Waals surface area contributed by atoms with Crippen molar-refractivity contribution in [1.29, 1.82) is 0 Å². The molecule has 0 saturated carbocycles. The maximum atomic E-state index is 11.3. The van der Waals surface area contributed by atoms with Crippen molar-refractivity contribution in [2.24, 2.45) is 4.99 Å². The molecule has 1 aromatic carbocycles. The molecule has 0 aliphatic carbocycles. The van der Waals surface area contributed by atoms with Crippen LogP contribution in [0.1, 0.15) is 27.6 Å². The smallest absolute Gasteiger partial charge is 0.277 e. The van der Waals surface area contributed by atoms with Gasteiger partial charge in [0.05, 0.1) is 5.56 Å². The number of carbonyl (C=O) groups excluding carboxylic acids is 2. The maximum Gasteiger partial charge on any atom is 0.277 e. The molecule has 1 amide bonds. The second-order valence-electron chi connectivity index (χ2n) is 2.40. The minimum Gasteiger partial charge on any atom is -0.298 e. The Kier molecular flexibility index (Phi) is 3.09. The van der Waals surface area contributed by atoms with Crippen molar-refractivity contribution in [3.63, 3.8) is 0 Å². The van der Waals surface area contributed by atoms with Crippen molar-refractivity contribution in [3.05, 3.63) is 35.4 Å². The van der Waals surface area contributed by atoms with Crippen LogP contribution < -0.4 is 0 Å². The minimum atomic E-state index is -0.384. The van der Waals surface area contributed by atoms with Gasteiger partial charge in [-0.1, -0.05) is 18.2 Å². The molecule has 0 spiro atoms. The van der Waals surface area contributed by atoms with Crippen LogP contribution in [-0.4, -0.2) is 18.4 Å². The summed E-state index contributed by atoms with van der Waals surface area (Å²) in [6.45, 7) is 1.65. The highest BCUT2D eigenvalue weighted by molar-refractivity contribution is 6.04. The lowest BCUT2D eigenvalue weighted by molar-refractivity contribution is 0.0996. The summed E-state index contributed by atoms with van der Waals surface area (Å²) in [6, 6.07) is 6.58. The Morgan fingerprint density at radius 2 is 2.08 bits per heavy atom. The molecule has 0 saturated heterocycles. The lowest BCUT2D eigenvalue weighted by Crippen LogP contribution is -1.99. The highest BCUT2D eigenvalue weighted by Crippen LogP contribution is 2.07. The molecule has 66 valence electrons. The molecule has 0 bridgehead atoms. The van der Waals surface area contributed by atoms with Gasteiger partial charge in [-0.05, 0) is 13.0 Å². The van der Waals surface area contributed by atoms with E-state index in [-0.39, 0.29) is 5.91 Å². The highest BCUT2D eigenvalue weighted by atomic mass is 16.1. The Hall–Kier alpha value is -1.77. The van der Waals surface area contributed by atoms with Crippen LogP contribution in [0.15, 0.2) is 29.3 Å². The number of carbonyl (C=O) groups is 2. The van der Waals surface area contributed by atoms with Crippen LogP contribution >= 0.6 is 0 Å². The molecule has 0 N–H and O–H groups in total. The maximum absolute atomic E-state index is 11.3. The van der Waals surface area contributed by atoms with Crippen LogP contribution in [0.4, 0.5) is 0 Å². The van der Waals surface area contributed by atoms with Gasteiger partial charge in [0, 0.05) is 11.8 Å². The highest BCUT2D eigenvalue weighted by Gasteiger charge is 2.07. The largest absolute Gasteiger partial charge is 0.298 e. The lowest BCUT2D eigenvalue weighted by Gasteiger charge is -1.97. The summed E-state index contributed by atoms with van der Waals surface area (Å²) in [4.78, 5) is 25.4. The number of rotatable bonds is 2. The Morgan fingerprint density at radius 3 is 2.69 bits per heavy atom. The van der Waals surface area contributed by atoms with E-state index in [9.17, 15) is 9.59 Å². The summed E-state index contributed by atoms with van der Waals surface area (Å²) in [6.07, 6.45) is 2.06. The Balaban J connectivity index is 3.12. The van der Waals surface area contributed by atoms with Gasteiger partial charge < -0.3 is 0 Å². The predicted octanol–water partition coefficient (Wildman–Crippen LogP) is 1.73. The molecule has 0 aliphatic heterocycles. The van der Waals surface area contributed by atoms with Crippen molar-refractivity contribution in [3.8, 4) is 0 Å². The molecule has 1 aromatic rings. The first kappa shape index (κ1) is 9.32. The van der Waals surface area contributed by atoms with Gasteiger partial charge in [-0.25, -0.2) is 4.99 Å². The number of benzene rings is 1. The zero-order valence-electron chi connectivity index (χ0n) is 7.23. The summed E-state index contributed by atoms with van der Waals surface area (Å²) in [7, 11) is 0. The van der Waals surface area contributed by atoms with E-state index in [2.05, 4.69) is 4.99 Å². The molecular formula is C10H9NO2. The van der Waals surface area contributed by atoms with E-state index >= 15 is 0 Å². The van der Waals surface area contributed by atoms with E-state index in [1.54, 1.807) is 31.2 Å². The summed E-state index contributed by atoms with van der Waals surface area (Å²) < 4.78 is 0. The molecule has 0 aromatic heterocycles. The van der Waals surface area contributed by atoms with Gasteiger partial charge in [0.2, 0.25) is 0 Å². The van der Waals surface area contributed by atoms with Crippen LogP contribution in [0.2, 0.25) is 0 Å². The topological polar surface area (TPSA) is 46.5 Å². The van der Waals surface area contributed by atoms with Crippen LogP contribution in [0.5, 0.6) is 0 Å². The average molecular weight is 175 g/mol. The fourth-order valence-corrected chi connectivity index (χ4v) is 0.981. The first-order valence-corrected chi connectivity index (χ1v) is 3.87.